The van der Waals surface area contributed by atoms with Crippen molar-refractivity contribution in [1.29, 1.82) is 0 Å². The number of nitrogens with one attached hydrogen (secondary N) is 1. The van der Waals surface area contributed by atoms with Crippen LogP contribution in [-0.4, -0.2) is 45.4 Å². The topological polar surface area (TPSA) is 84.3 Å². The van der Waals surface area contributed by atoms with Crippen molar-refractivity contribution in [3.63, 3.8) is 0 Å². The Morgan fingerprint density at radius 1 is 1.36 bits per heavy atom. The van der Waals surface area contributed by atoms with E-state index < -0.39 is 0 Å². The summed E-state index contributed by atoms with van der Waals surface area (Å²) in [4.78, 5) is 43.5. The van der Waals surface area contributed by atoms with Crippen LogP contribution in [-0.2, 0) is 11.3 Å². The van der Waals surface area contributed by atoms with E-state index in [2.05, 4.69) is 10.3 Å². The molecule has 7 nitrogen and oxygen atoms in total. The van der Waals surface area contributed by atoms with Gasteiger partial charge in [-0.2, -0.15) is 0 Å². The molecule has 7 heteroatoms. The number of rotatable bonds is 2. The molecule has 0 radical (unpaired) electrons. The summed E-state index contributed by atoms with van der Waals surface area (Å²) in [7, 11) is 0. The van der Waals surface area contributed by atoms with Gasteiger partial charge < -0.3 is 14.8 Å². The van der Waals surface area contributed by atoms with Crippen molar-refractivity contribution in [2.24, 2.45) is 0 Å². The Balaban J connectivity index is 2.10. The van der Waals surface area contributed by atoms with Crippen LogP contribution in [0.2, 0.25) is 0 Å². The van der Waals surface area contributed by atoms with Gasteiger partial charge in [0.2, 0.25) is 11.3 Å². The van der Waals surface area contributed by atoms with E-state index in [1.165, 1.54) is 0 Å². The van der Waals surface area contributed by atoms with Gasteiger partial charge in [-0.3, -0.25) is 14.4 Å². The molecular weight excluding hydrogens is 320 g/mol. The highest BCUT2D eigenvalue weighted by Crippen LogP contribution is 2.14. The monoisotopic (exact) mass is 342 g/mol. The molecule has 0 aliphatic carbocycles. The number of carbonyl (C=O) groups excluding carboxylic acids is 2. The highest BCUT2D eigenvalue weighted by Gasteiger charge is 2.28. The average molecular weight is 342 g/mol. The number of carbonyl (C=O) groups is 2. The summed E-state index contributed by atoms with van der Waals surface area (Å²) in [6.45, 7) is 6.98. The summed E-state index contributed by atoms with van der Waals surface area (Å²) in [5, 5.41) is 3.22. The maximum atomic E-state index is 13.0. The first-order valence-electron chi connectivity index (χ1n) is 8.50. The standard InChI is InChI=1S/C18H22N4O3/c1-4-21-10-14(16(24)13-6-5-11(2)20-17(13)21)18(25)22-8-7-15(23)19-9-12(22)3/h5-6,10,12H,4,7-9H2,1-3H3,(H,19,23). The summed E-state index contributed by atoms with van der Waals surface area (Å²) >= 11 is 0. The lowest BCUT2D eigenvalue weighted by atomic mass is 10.1. The molecule has 25 heavy (non-hydrogen) atoms. The minimum atomic E-state index is -0.335. The molecular formula is C18H22N4O3. The fraction of sp³-hybridized carbons (Fsp3) is 0.444. The van der Waals surface area contributed by atoms with Gasteiger partial charge in [0.25, 0.3) is 5.91 Å². The zero-order valence-electron chi connectivity index (χ0n) is 14.7. The minimum Gasteiger partial charge on any atom is -0.354 e. The first-order valence-corrected chi connectivity index (χ1v) is 8.50. The van der Waals surface area contributed by atoms with E-state index in [9.17, 15) is 14.4 Å². The lowest BCUT2D eigenvalue weighted by Crippen LogP contribution is -2.43. The van der Waals surface area contributed by atoms with Gasteiger partial charge >= 0.3 is 0 Å². The highest BCUT2D eigenvalue weighted by atomic mass is 16.2. The number of fused-ring (bicyclic) bond motifs is 1. The maximum Gasteiger partial charge on any atom is 0.259 e. The molecule has 1 N–H and O–H groups in total. The third-order valence-electron chi connectivity index (χ3n) is 4.60. The molecule has 0 saturated carbocycles. The van der Waals surface area contributed by atoms with Gasteiger partial charge in [0.05, 0.1) is 5.39 Å². The van der Waals surface area contributed by atoms with Crippen LogP contribution in [0.5, 0.6) is 0 Å². The van der Waals surface area contributed by atoms with Crippen molar-refractivity contribution in [2.75, 3.05) is 13.1 Å². The van der Waals surface area contributed by atoms with Crippen LogP contribution >= 0.6 is 0 Å². The summed E-state index contributed by atoms with van der Waals surface area (Å²) in [6.07, 6.45) is 1.83. The van der Waals surface area contributed by atoms with Gasteiger partial charge in [0, 0.05) is 44.0 Å². The Hall–Kier alpha value is -2.70. The molecule has 0 bridgehead atoms. The summed E-state index contributed by atoms with van der Waals surface area (Å²) in [5.41, 5.74) is 1.22. The number of hydrogen-bond acceptors (Lipinski definition) is 4. The van der Waals surface area contributed by atoms with E-state index >= 15 is 0 Å². The van der Waals surface area contributed by atoms with Crippen molar-refractivity contribution in [2.45, 2.75) is 39.8 Å². The summed E-state index contributed by atoms with van der Waals surface area (Å²) in [6, 6.07) is 3.33. The molecule has 0 aromatic carbocycles. The molecule has 1 saturated heterocycles. The zero-order valence-corrected chi connectivity index (χ0v) is 14.7. The number of pyridine rings is 2. The summed E-state index contributed by atoms with van der Waals surface area (Å²) in [5.74, 6) is -0.412. The fourth-order valence-corrected chi connectivity index (χ4v) is 3.11. The molecule has 2 aromatic heterocycles. The largest absolute Gasteiger partial charge is 0.354 e. The van der Waals surface area contributed by atoms with Gasteiger partial charge in [0.1, 0.15) is 11.2 Å². The van der Waals surface area contributed by atoms with E-state index in [1.54, 1.807) is 23.2 Å². The van der Waals surface area contributed by atoms with Crippen molar-refractivity contribution < 1.29 is 9.59 Å². The predicted molar refractivity (Wildman–Crippen MR) is 94.5 cm³/mol. The van der Waals surface area contributed by atoms with Gasteiger partial charge in [-0.25, -0.2) is 4.98 Å². The van der Waals surface area contributed by atoms with Crippen LogP contribution in [0.1, 0.15) is 36.3 Å². The third kappa shape index (κ3) is 3.14. The molecule has 1 unspecified atom stereocenters. The zero-order chi connectivity index (χ0) is 18.1. The van der Waals surface area contributed by atoms with E-state index in [0.29, 0.717) is 30.7 Å². The van der Waals surface area contributed by atoms with Crippen molar-refractivity contribution in [3.05, 3.63) is 39.8 Å². The Bertz CT molecular complexity index is 903. The van der Waals surface area contributed by atoms with E-state index in [1.807, 2.05) is 25.3 Å². The van der Waals surface area contributed by atoms with Crippen LogP contribution in [0, 0.1) is 6.92 Å². The predicted octanol–water partition coefficient (Wildman–Crippen LogP) is 1.08. The number of aromatic nitrogens is 2. The number of hydrogen-bond donors (Lipinski definition) is 1. The van der Waals surface area contributed by atoms with Crippen LogP contribution in [0.15, 0.2) is 23.1 Å². The first-order chi connectivity index (χ1) is 11.9. The second-order valence-electron chi connectivity index (χ2n) is 6.38. The van der Waals surface area contributed by atoms with E-state index in [4.69, 9.17) is 0 Å². The van der Waals surface area contributed by atoms with Gasteiger partial charge in [-0.15, -0.1) is 0 Å². The first kappa shape index (κ1) is 17.1. The lowest BCUT2D eigenvalue weighted by Gasteiger charge is -2.26. The Morgan fingerprint density at radius 2 is 2.12 bits per heavy atom. The average Bonchev–Trinajstić information content (AvgIpc) is 2.76. The minimum absolute atomic E-state index is 0.0775. The molecule has 1 fully saturated rings. The normalized spacial score (nSPS) is 18.1. The molecule has 1 aliphatic rings. The second-order valence-corrected chi connectivity index (χ2v) is 6.38. The Kier molecular flexibility index (Phi) is 4.57. The number of nitrogens with zero attached hydrogens (tertiary/aromatic N) is 3. The second kappa shape index (κ2) is 6.66. The molecule has 2 aromatic rings. The van der Waals surface area contributed by atoms with Crippen molar-refractivity contribution in [3.8, 4) is 0 Å². The van der Waals surface area contributed by atoms with Crippen molar-refractivity contribution >= 4 is 22.8 Å². The Morgan fingerprint density at radius 3 is 2.84 bits per heavy atom. The van der Waals surface area contributed by atoms with E-state index in [-0.39, 0.29) is 35.3 Å². The summed E-state index contributed by atoms with van der Waals surface area (Å²) < 4.78 is 1.82. The van der Waals surface area contributed by atoms with Crippen LogP contribution in [0.4, 0.5) is 0 Å². The number of aryl methyl sites for hydroxylation is 2. The number of amides is 2. The molecule has 0 spiro atoms. The lowest BCUT2D eigenvalue weighted by molar-refractivity contribution is -0.120. The van der Waals surface area contributed by atoms with Gasteiger partial charge in [0.15, 0.2) is 0 Å². The highest BCUT2D eigenvalue weighted by molar-refractivity contribution is 5.97. The Labute approximate surface area is 145 Å². The molecule has 3 heterocycles. The maximum absolute atomic E-state index is 13.0. The SMILES string of the molecule is CCn1cc(C(=O)N2CCC(=O)NCC2C)c(=O)c2ccc(C)nc21. The molecule has 1 atom stereocenters. The molecule has 132 valence electrons. The molecule has 2 amide bonds. The third-order valence-corrected chi connectivity index (χ3v) is 4.60. The van der Waals surface area contributed by atoms with Gasteiger partial charge in [-0.1, -0.05) is 0 Å². The van der Waals surface area contributed by atoms with Crippen LogP contribution in [0.25, 0.3) is 11.0 Å². The molecule has 3 rings (SSSR count). The molecule has 1 aliphatic heterocycles. The van der Waals surface area contributed by atoms with E-state index in [0.717, 1.165) is 5.69 Å². The fourth-order valence-electron chi connectivity index (χ4n) is 3.11. The quantitative estimate of drug-likeness (QED) is 0.885. The van der Waals surface area contributed by atoms with Crippen LogP contribution < -0.4 is 10.7 Å². The van der Waals surface area contributed by atoms with Crippen LogP contribution in [0.3, 0.4) is 0 Å². The van der Waals surface area contributed by atoms with Gasteiger partial charge in [-0.05, 0) is 32.9 Å². The smallest absolute Gasteiger partial charge is 0.259 e. The van der Waals surface area contributed by atoms with Crippen molar-refractivity contribution in [1.82, 2.24) is 19.8 Å².